The van der Waals surface area contributed by atoms with Gasteiger partial charge in [-0.05, 0) is 18.6 Å². The highest BCUT2D eigenvalue weighted by atomic mass is 16.5. The van der Waals surface area contributed by atoms with E-state index in [0.29, 0.717) is 13.1 Å². The number of rotatable bonds is 4. The summed E-state index contributed by atoms with van der Waals surface area (Å²) in [5.74, 6) is 1.06. The highest BCUT2D eigenvalue weighted by Crippen LogP contribution is 2.29. The lowest BCUT2D eigenvalue weighted by atomic mass is 10.1. The second-order valence-electron chi connectivity index (χ2n) is 4.97. The van der Waals surface area contributed by atoms with Gasteiger partial charge in [-0.15, -0.1) is 0 Å². The number of benzene rings is 1. The van der Waals surface area contributed by atoms with Gasteiger partial charge in [-0.3, -0.25) is 4.79 Å². The number of nitrogens with one attached hydrogen (secondary N) is 1. The number of hydrogen-bond acceptors (Lipinski definition) is 3. The summed E-state index contributed by atoms with van der Waals surface area (Å²) in [7, 11) is 3.52. The molecule has 0 radical (unpaired) electrons. The molecule has 0 saturated carbocycles. The van der Waals surface area contributed by atoms with E-state index in [4.69, 9.17) is 4.74 Å². The Hall–Kier alpha value is -1.55. The van der Waals surface area contributed by atoms with Crippen LogP contribution < -0.4 is 10.1 Å². The maximum atomic E-state index is 11.4. The summed E-state index contributed by atoms with van der Waals surface area (Å²) in [5.41, 5.74) is 2.52. The second kappa shape index (κ2) is 5.40. The quantitative estimate of drug-likeness (QED) is 0.863. The van der Waals surface area contributed by atoms with Crippen LogP contribution in [0, 0.1) is 6.92 Å². The van der Waals surface area contributed by atoms with Crippen LogP contribution in [0.25, 0.3) is 0 Å². The van der Waals surface area contributed by atoms with E-state index in [-0.39, 0.29) is 12.0 Å². The molecule has 1 heterocycles. The monoisotopic (exact) mass is 248 g/mol. The lowest BCUT2D eigenvalue weighted by Crippen LogP contribution is -2.37. The molecule has 4 heteroatoms. The highest BCUT2D eigenvalue weighted by molar-refractivity contribution is 5.77. The standard InChI is InChI=1S/C14H20N2O2/c1-10-4-5-13-11(6-10)7-12(18-13)8-15-9-14(17)16(2)3/h4-6,12,15H,7-9H2,1-3H3. The van der Waals surface area contributed by atoms with Crippen LogP contribution in [0.5, 0.6) is 5.75 Å². The third-order valence-electron chi connectivity index (χ3n) is 3.10. The summed E-state index contributed by atoms with van der Waals surface area (Å²) in [4.78, 5) is 13.0. The predicted molar refractivity (Wildman–Crippen MR) is 70.9 cm³/mol. The van der Waals surface area contributed by atoms with Gasteiger partial charge < -0.3 is 15.0 Å². The second-order valence-corrected chi connectivity index (χ2v) is 4.97. The Kier molecular flexibility index (Phi) is 3.87. The highest BCUT2D eigenvalue weighted by Gasteiger charge is 2.22. The molecule has 1 aromatic carbocycles. The summed E-state index contributed by atoms with van der Waals surface area (Å²) in [5, 5.41) is 3.14. The molecule has 0 fully saturated rings. The molecule has 1 atom stereocenters. The number of fused-ring (bicyclic) bond motifs is 1. The first kappa shape index (κ1) is 12.9. The zero-order valence-corrected chi connectivity index (χ0v) is 11.2. The Balaban J connectivity index is 1.80. The van der Waals surface area contributed by atoms with Gasteiger partial charge in [0.15, 0.2) is 0 Å². The van der Waals surface area contributed by atoms with Gasteiger partial charge in [-0.2, -0.15) is 0 Å². The van der Waals surface area contributed by atoms with Crippen LogP contribution in [-0.4, -0.2) is 44.1 Å². The summed E-state index contributed by atoms with van der Waals surface area (Å²) in [6, 6.07) is 6.25. The molecule has 4 nitrogen and oxygen atoms in total. The normalized spacial score (nSPS) is 17.2. The molecule has 2 rings (SSSR count). The predicted octanol–water partition coefficient (Wildman–Crippen LogP) is 0.976. The number of carbonyl (C=O) groups is 1. The SMILES string of the molecule is Cc1ccc2c(c1)CC(CNCC(=O)N(C)C)O2. The number of amides is 1. The maximum Gasteiger partial charge on any atom is 0.236 e. The van der Waals surface area contributed by atoms with Crippen LogP contribution in [0.3, 0.4) is 0 Å². The first-order valence-corrected chi connectivity index (χ1v) is 6.23. The van der Waals surface area contributed by atoms with Crippen molar-refractivity contribution in [3.8, 4) is 5.75 Å². The molecule has 98 valence electrons. The Morgan fingerprint density at radius 1 is 1.50 bits per heavy atom. The molecule has 0 spiro atoms. The van der Waals surface area contributed by atoms with Crippen LogP contribution in [0.15, 0.2) is 18.2 Å². The van der Waals surface area contributed by atoms with Crippen LogP contribution in [0.4, 0.5) is 0 Å². The molecule has 0 aromatic heterocycles. The molecule has 1 N–H and O–H groups in total. The Bertz CT molecular complexity index is 443. The van der Waals surface area contributed by atoms with Crippen molar-refractivity contribution in [1.82, 2.24) is 10.2 Å². The van der Waals surface area contributed by atoms with Gasteiger partial charge in [0, 0.05) is 27.1 Å². The minimum Gasteiger partial charge on any atom is -0.488 e. The summed E-state index contributed by atoms with van der Waals surface area (Å²) in [6.45, 7) is 3.15. The van der Waals surface area contributed by atoms with Crippen LogP contribution >= 0.6 is 0 Å². The number of carbonyl (C=O) groups excluding carboxylic acids is 1. The van der Waals surface area contributed by atoms with Crippen LogP contribution in [0.1, 0.15) is 11.1 Å². The molecule has 1 amide bonds. The van der Waals surface area contributed by atoms with E-state index in [2.05, 4.69) is 24.4 Å². The van der Waals surface area contributed by atoms with E-state index < -0.39 is 0 Å². The molecular weight excluding hydrogens is 228 g/mol. The molecule has 1 aliphatic rings. The Labute approximate surface area is 108 Å². The van der Waals surface area contributed by atoms with Crippen molar-refractivity contribution in [3.05, 3.63) is 29.3 Å². The molecule has 1 aliphatic heterocycles. The van der Waals surface area contributed by atoms with E-state index in [1.807, 2.05) is 6.07 Å². The zero-order chi connectivity index (χ0) is 13.1. The van der Waals surface area contributed by atoms with E-state index in [1.165, 1.54) is 11.1 Å². The van der Waals surface area contributed by atoms with Gasteiger partial charge in [0.05, 0.1) is 6.54 Å². The minimum absolute atomic E-state index is 0.0846. The Morgan fingerprint density at radius 2 is 2.28 bits per heavy atom. The van der Waals surface area contributed by atoms with E-state index >= 15 is 0 Å². The fraction of sp³-hybridized carbons (Fsp3) is 0.500. The van der Waals surface area contributed by atoms with E-state index in [0.717, 1.165) is 12.2 Å². The van der Waals surface area contributed by atoms with Crippen LogP contribution in [-0.2, 0) is 11.2 Å². The Morgan fingerprint density at radius 3 is 3.00 bits per heavy atom. The topological polar surface area (TPSA) is 41.6 Å². The number of likely N-dealkylation sites (N-methyl/N-ethyl adjacent to an activating group) is 1. The fourth-order valence-electron chi connectivity index (χ4n) is 2.06. The number of ether oxygens (including phenoxy) is 1. The summed E-state index contributed by atoms with van der Waals surface area (Å²) in [6.07, 6.45) is 1.05. The molecule has 0 saturated heterocycles. The van der Waals surface area contributed by atoms with Crippen molar-refractivity contribution in [1.29, 1.82) is 0 Å². The van der Waals surface area contributed by atoms with Crippen molar-refractivity contribution < 1.29 is 9.53 Å². The number of hydrogen-bond donors (Lipinski definition) is 1. The van der Waals surface area contributed by atoms with Crippen molar-refractivity contribution in [2.45, 2.75) is 19.4 Å². The van der Waals surface area contributed by atoms with Gasteiger partial charge in [0.25, 0.3) is 0 Å². The van der Waals surface area contributed by atoms with E-state index in [1.54, 1.807) is 19.0 Å². The molecule has 1 unspecified atom stereocenters. The lowest BCUT2D eigenvalue weighted by molar-refractivity contribution is -0.127. The molecule has 0 bridgehead atoms. The average Bonchev–Trinajstić information content (AvgIpc) is 2.70. The molecule has 18 heavy (non-hydrogen) atoms. The minimum atomic E-state index is 0.0846. The lowest BCUT2D eigenvalue weighted by Gasteiger charge is -2.14. The molecule has 1 aromatic rings. The van der Waals surface area contributed by atoms with Crippen LogP contribution in [0.2, 0.25) is 0 Å². The van der Waals surface area contributed by atoms with Gasteiger partial charge in [-0.25, -0.2) is 0 Å². The first-order chi connectivity index (χ1) is 8.56. The first-order valence-electron chi connectivity index (χ1n) is 6.23. The van der Waals surface area contributed by atoms with Gasteiger partial charge >= 0.3 is 0 Å². The largest absolute Gasteiger partial charge is 0.488 e. The third kappa shape index (κ3) is 3.01. The van der Waals surface area contributed by atoms with Gasteiger partial charge in [-0.1, -0.05) is 17.7 Å². The van der Waals surface area contributed by atoms with Gasteiger partial charge in [0.2, 0.25) is 5.91 Å². The maximum absolute atomic E-state index is 11.4. The average molecular weight is 248 g/mol. The van der Waals surface area contributed by atoms with Crippen molar-refractivity contribution >= 4 is 5.91 Å². The zero-order valence-electron chi connectivity index (χ0n) is 11.2. The third-order valence-corrected chi connectivity index (χ3v) is 3.10. The number of nitrogens with zero attached hydrogens (tertiary/aromatic N) is 1. The summed E-state index contributed by atoms with van der Waals surface area (Å²) < 4.78 is 5.82. The smallest absolute Gasteiger partial charge is 0.236 e. The van der Waals surface area contributed by atoms with Crippen molar-refractivity contribution in [3.63, 3.8) is 0 Å². The molecular formula is C14H20N2O2. The fourth-order valence-corrected chi connectivity index (χ4v) is 2.06. The van der Waals surface area contributed by atoms with E-state index in [9.17, 15) is 4.79 Å². The summed E-state index contributed by atoms with van der Waals surface area (Å²) >= 11 is 0. The van der Waals surface area contributed by atoms with Crippen molar-refractivity contribution in [2.75, 3.05) is 27.2 Å². The number of aryl methyl sites for hydroxylation is 1. The van der Waals surface area contributed by atoms with Crippen molar-refractivity contribution in [2.24, 2.45) is 0 Å². The van der Waals surface area contributed by atoms with Gasteiger partial charge in [0.1, 0.15) is 11.9 Å². The molecule has 0 aliphatic carbocycles.